The molecule has 0 saturated carbocycles. The molecule has 4 nitrogen and oxygen atoms in total. The summed E-state index contributed by atoms with van der Waals surface area (Å²) in [5.74, 6) is 0.813. The van der Waals surface area contributed by atoms with E-state index in [0.29, 0.717) is 5.92 Å². The number of hydrogen-bond acceptors (Lipinski definition) is 3. The first-order valence-electron chi connectivity index (χ1n) is 8.24. The second-order valence-electron chi connectivity index (χ2n) is 5.79. The zero-order valence-corrected chi connectivity index (χ0v) is 14.5. The Kier molecular flexibility index (Phi) is 6.55. The number of hydrogen-bond donors (Lipinski definition) is 1. The maximum atomic E-state index is 12.0. The molecular weight excluding hydrogens is 300 g/mol. The minimum atomic E-state index is -0.268. The average molecular weight is 324 g/mol. The van der Waals surface area contributed by atoms with Crippen molar-refractivity contribution in [2.45, 2.75) is 33.1 Å². The van der Waals surface area contributed by atoms with Gasteiger partial charge in [0.2, 0.25) is 0 Å². The first-order chi connectivity index (χ1) is 11.6. The van der Waals surface area contributed by atoms with Gasteiger partial charge in [0.05, 0.1) is 5.71 Å². The van der Waals surface area contributed by atoms with E-state index in [1.807, 2.05) is 61.5 Å². The van der Waals surface area contributed by atoms with Crippen LogP contribution in [-0.4, -0.2) is 18.2 Å². The third kappa shape index (κ3) is 4.95. The van der Waals surface area contributed by atoms with Gasteiger partial charge in [-0.1, -0.05) is 69.3 Å². The highest BCUT2D eigenvalue weighted by Gasteiger charge is 2.09. The Morgan fingerprint density at radius 2 is 1.75 bits per heavy atom. The summed E-state index contributed by atoms with van der Waals surface area (Å²) in [6.07, 6.45) is 0.737. The van der Waals surface area contributed by atoms with E-state index < -0.39 is 0 Å². The van der Waals surface area contributed by atoms with Gasteiger partial charge < -0.3 is 4.74 Å². The molecule has 0 radical (unpaired) electrons. The summed E-state index contributed by atoms with van der Waals surface area (Å²) >= 11 is 0. The summed E-state index contributed by atoms with van der Waals surface area (Å²) in [5, 5.41) is 4.22. The van der Waals surface area contributed by atoms with Crippen LogP contribution < -0.4 is 10.2 Å². The van der Waals surface area contributed by atoms with Crippen LogP contribution in [0.15, 0.2) is 59.7 Å². The molecule has 24 heavy (non-hydrogen) atoms. The van der Waals surface area contributed by atoms with Crippen LogP contribution in [0, 0.1) is 0 Å². The van der Waals surface area contributed by atoms with Crippen molar-refractivity contribution in [3.8, 4) is 5.75 Å². The van der Waals surface area contributed by atoms with Crippen LogP contribution in [0.25, 0.3) is 0 Å². The van der Waals surface area contributed by atoms with Crippen molar-refractivity contribution in [3.63, 3.8) is 0 Å². The molecule has 0 saturated heterocycles. The number of carbonyl (C=O) groups is 1. The fraction of sp³-hybridized carbons (Fsp3) is 0.300. The van der Waals surface area contributed by atoms with Crippen molar-refractivity contribution >= 4 is 11.6 Å². The molecule has 0 aliphatic heterocycles. The number of nitrogens with one attached hydrogen (secondary N) is 1. The molecule has 0 atom stereocenters. The highest BCUT2D eigenvalue weighted by Crippen LogP contribution is 2.25. The molecule has 0 aromatic heterocycles. The fourth-order valence-electron chi connectivity index (χ4n) is 2.37. The molecule has 0 spiro atoms. The van der Waals surface area contributed by atoms with E-state index in [4.69, 9.17) is 4.74 Å². The molecule has 126 valence electrons. The van der Waals surface area contributed by atoms with Crippen molar-refractivity contribution in [3.05, 3.63) is 65.7 Å². The molecule has 0 aliphatic rings. The first kappa shape index (κ1) is 17.7. The molecule has 0 fully saturated rings. The molecule has 2 aromatic carbocycles. The monoisotopic (exact) mass is 324 g/mol. The predicted molar refractivity (Wildman–Crippen MR) is 97.4 cm³/mol. The van der Waals surface area contributed by atoms with Gasteiger partial charge in [0.1, 0.15) is 5.75 Å². The minimum Gasteiger partial charge on any atom is -0.483 e. The highest BCUT2D eigenvalue weighted by atomic mass is 16.5. The first-order valence-corrected chi connectivity index (χ1v) is 8.24. The van der Waals surface area contributed by atoms with Gasteiger partial charge in [-0.3, -0.25) is 4.79 Å². The van der Waals surface area contributed by atoms with Gasteiger partial charge in [-0.15, -0.1) is 0 Å². The fourth-order valence-corrected chi connectivity index (χ4v) is 2.37. The van der Waals surface area contributed by atoms with Gasteiger partial charge in [0.15, 0.2) is 6.61 Å². The maximum Gasteiger partial charge on any atom is 0.277 e. The molecule has 0 bridgehead atoms. The lowest BCUT2D eigenvalue weighted by molar-refractivity contribution is -0.123. The lowest BCUT2D eigenvalue weighted by Gasteiger charge is -2.13. The summed E-state index contributed by atoms with van der Waals surface area (Å²) in [5.41, 5.74) is 5.51. The predicted octanol–water partition coefficient (Wildman–Crippen LogP) is 4.12. The van der Waals surface area contributed by atoms with E-state index in [9.17, 15) is 4.79 Å². The summed E-state index contributed by atoms with van der Waals surface area (Å²) in [7, 11) is 0. The standard InChI is InChI=1S/C20H24N2O2/c1-4-18(16-10-6-5-7-11-16)21-22-20(23)14-24-19-13-9-8-12-17(19)15(2)3/h5-13,15H,4,14H2,1-3H3,(H,22,23). The highest BCUT2D eigenvalue weighted by molar-refractivity contribution is 6.00. The Hall–Kier alpha value is -2.62. The van der Waals surface area contributed by atoms with E-state index in [2.05, 4.69) is 24.4 Å². The van der Waals surface area contributed by atoms with Crippen LogP contribution in [0.4, 0.5) is 0 Å². The lowest BCUT2D eigenvalue weighted by Crippen LogP contribution is -2.26. The number of rotatable bonds is 7. The third-order valence-electron chi connectivity index (χ3n) is 3.66. The van der Waals surface area contributed by atoms with Gasteiger partial charge in [-0.05, 0) is 29.5 Å². The number of nitrogens with zero attached hydrogens (tertiary/aromatic N) is 1. The largest absolute Gasteiger partial charge is 0.483 e. The summed E-state index contributed by atoms with van der Waals surface area (Å²) < 4.78 is 5.65. The number of para-hydroxylation sites is 1. The maximum absolute atomic E-state index is 12.0. The van der Waals surface area contributed by atoms with Gasteiger partial charge >= 0.3 is 0 Å². The van der Waals surface area contributed by atoms with Crippen LogP contribution in [-0.2, 0) is 4.79 Å². The number of carbonyl (C=O) groups excluding carboxylic acids is 1. The number of amides is 1. The third-order valence-corrected chi connectivity index (χ3v) is 3.66. The molecule has 0 heterocycles. The van der Waals surface area contributed by atoms with E-state index in [1.165, 1.54) is 0 Å². The smallest absolute Gasteiger partial charge is 0.277 e. The molecule has 0 aliphatic carbocycles. The van der Waals surface area contributed by atoms with Crippen molar-refractivity contribution in [1.29, 1.82) is 0 Å². The van der Waals surface area contributed by atoms with Gasteiger partial charge in [0.25, 0.3) is 5.91 Å². The SMILES string of the molecule is CCC(=NNC(=O)COc1ccccc1C(C)C)c1ccccc1. The second-order valence-corrected chi connectivity index (χ2v) is 5.79. The summed E-state index contributed by atoms with van der Waals surface area (Å²) in [4.78, 5) is 12.0. The van der Waals surface area contributed by atoms with Crippen molar-refractivity contribution < 1.29 is 9.53 Å². The van der Waals surface area contributed by atoms with Gasteiger partial charge in [-0.2, -0.15) is 5.10 Å². The summed E-state index contributed by atoms with van der Waals surface area (Å²) in [6.45, 7) is 6.15. The Balaban J connectivity index is 1.95. The molecule has 2 rings (SSSR count). The molecule has 1 N–H and O–H groups in total. The van der Waals surface area contributed by atoms with Gasteiger partial charge in [-0.25, -0.2) is 5.43 Å². The lowest BCUT2D eigenvalue weighted by atomic mass is 10.0. The Morgan fingerprint density at radius 3 is 2.42 bits per heavy atom. The van der Waals surface area contributed by atoms with Crippen molar-refractivity contribution in [2.24, 2.45) is 5.10 Å². The van der Waals surface area contributed by atoms with Crippen molar-refractivity contribution in [1.82, 2.24) is 5.43 Å². The quantitative estimate of drug-likeness (QED) is 0.615. The van der Waals surface area contributed by atoms with E-state index in [0.717, 1.165) is 29.0 Å². The minimum absolute atomic E-state index is 0.0565. The summed E-state index contributed by atoms with van der Waals surface area (Å²) in [6, 6.07) is 17.6. The molecule has 2 aromatic rings. The molecular formula is C20H24N2O2. The van der Waals surface area contributed by atoms with Crippen LogP contribution in [0.2, 0.25) is 0 Å². The zero-order valence-electron chi connectivity index (χ0n) is 14.5. The Morgan fingerprint density at radius 1 is 1.08 bits per heavy atom. The molecule has 1 amide bonds. The number of ether oxygens (including phenoxy) is 1. The molecule has 0 unspecified atom stereocenters. The number of hydrazone groups is 1. The Bertz CT molecular complexity index is 694. The topological polar surface area (TPSA) is 50.7 Å². The van der Waals surface area contributed by atoms with Gasteiger partial charge in [0, 0.05) is 0 Å². The van der Waals surface area contributed by atoms with Crippen LogP contribution in [0.3, 0.4) is 0 Å². The second kappa shape index (κ2) is 8.87. The van der Waals surface area contributed by atoms with Crippen LogP contribution >= 0.6 is 0 Å². The van der Waals surface area contributed by atoms with E-state index in [1.54, 1.807) is 0 Å². The number of benzene rings is 2. The van der Waals surface area contributed by atoms with Crippen LogP contribution in [0.5, 0.6) is 5.75 Å². The van der Waals surface area contributed by atoms with E-state index >= 15 is 0 Å². The van der Waals surface area contributed by atoms with Crippen molar-refractivity contribution in [2.75, 3.05) is 6.61 Å². The van der Waals surface area contributed by atoms with E-state index in [-0.39, 0.29) is 12.5 Å². The molecule has 4 heteroatoms. The average Bonchev–Trinajstić information content (AvgIpc) is 2.61. The zero-order chi connectivity index (χ0) is 17.4. The normalized spacial score (nSPS) is 11.4. The Labute approximate surface area is 143 Å². The van der Waals surface area contributed by atoms with Crippen LogP contribution in [0.1, 0.15) is 44.2 Å².